The van der Waals surface area contributed by atoms with Crippen LogP contribution in [0.15, 0.2) is 18.2 Å². The number of hydrogen-bond donors (Lipinski definition) is 0. The van der Waals surface area contributed by atoms with E-state index in [1.54, 1.807) is 0 Å². The predicted molar refractivity (Wildman–Crippen MR) is 77.5 cm³/mol. The number of halogens is 1. The van der Waals surface area contributed by atoms with Crippen LogP contribution in [-0.4, -0.2) is 18.0 Å². The van der Waals surface area contributed by atoms with Crippen LogP contribution in [0.4, 0.5) is 15.8 Å². The van der Waals surface area contributed by atoms with Gasteiger partial charge in [0.25, 0.3) is 5.69 Å². The fourth-order valence-electron chi connectivity index (χ4n) is 3.04. The number of anilines is 1. The molecule has 110 valence electrons. The lowest BCUT2D eigenvalue weighted by Gasteiger charge is -2.42. The van der Waals surface area contributed by atoms with Crippen LogP contribution in [0.25, 0.3) is 0 Å². The lowest BCUT2D eigenvalue weighted by molar-refractivity contribution is -0.385. The summed E-state index contributed by atoms with van der Waals surface area (Å²) in [6.45, 7) is 6.10. The van der Waals surface area contributed by atoms with Crippen molar-refractivity contribution in [3.05, 3.63) is 34.1 Å². The first kappa shape index (κ1) is 14.8. The fourth-order valence-corrected chi connectivity index (χ4v) is 3.04. The summed E-state index contributed by atoms with van der Waals surface area (Å²) >= 11 is 0. The summed E-state index contributed by atoms with van der Waals surface area (Å²) in [5, 5.41) is 10.8. The number of benzene rings is 1. The van der Waals surface area contributed by atoms with Crippen LogP contribution in [0.2, 0.25) is 0 Å². The summed E-state index contributed by atoms with van der Waals surface area (Å²) in [6, 6.07) is 3.82. The van der Waals surface area contributed by atoms with Crippen molar-refractivity contribution in [3.63, 3.8) is 0 Å². The second kappa shape index (κ2) is 5.77. The van der Waals surface area contributed by atoms with Gasteiger partial charge >= 0.3 is 0 Å². The first-order chi connectivity index (χ1) is 9.49. The maximum absolute atomic E-state index is 13.5. The normalized spacial score (nSPS) is 18.1. The second-order valence-corrected chi connectivity index (χ2v) is 5.62. The van der Waals surface area contributed by atoms with E-state index in [0.29, 0.717) is 11.1 Å². The molecule has 2 rings (SSSR count). The van der Waals surface area contributed by atoms with E-state index in [2.05, 4.69) is 18.7 Å². The molecule has 0 aliphatic carbocycles. The second-order valence-electron chi connectivity index (χ2n) is 5.62. The number of rotatable bonds is 4. The van der Waals surface area contributed by atoms with E-state index in [-0.39, 0.29) is 5.69 Å². The zero-order valence-electron chi connectivity index (χ0n) is 12.1. The number of piperidine rings is 1. The van der Waals surface area contributed by atoms with Crippen molar-refractivity contribution < 1.29 is 9.31 Å². The Morgan fingerprint density at radius 1 is 1.25 bits per heavy atom. The van der Waals surface area contributed by atoms with Crippen molar-refractivity contribution in [2.75, 3.05) is 18.0 Å². The van der Waals surface area contributed by atoms with Crippen LogP contribution in [0, 0.1) is 21.3 Å². The molecule has 20 heavy (non-hydrogen) atoms. The summed E-state index contributed by atoms with van der Waals surface area (Å²) in [5.74, 6) is -0.544. The van der Waals surface area contributed by atoms with Crippen molar-refractivity contribution >= 4 is 11.4 Å². The summed E-state index contributed by atoms with van der Waals surface area (Å²) in [7, 11) is 0. The third kappa shape index (κ3) is 2.92. The third-order valence-electron chi connectivity index (χ3n) is 4.77. The van der Waals surface area contributed by atoms with Crippen LogP contribution in [0.5, 0.6) is 0 Å². The van der Waals surface area contributed by atoms with Crippen LogP contribution >= 0.6 is 0 Å². The van der Waals surface area contributed by atoms with Gasteiger partial charge in [-0.2, -0.15) is 0 Å². The van der Waals surface area contributed by atoms with E-state index in [1.165, 1.54) is 12.1 Å². The molecule has 1 aliphatic heterocycles. The van der Waals surface area contributed by atoms with E-state index in [4.69, 9.17) is 0 Å². The molecule has 5 heteroatoms. The highest BCUT2D eigenvalue weighted by Gasteiger charge is 2.31. The maximum Gasteiger partial charge on any atom is 0.274 e. The molecular formula is C15H21FN2O2. The Bertz CT molecular complexity index is 491. The average molecular weight is 280 g/mol. The molecule has 0 N–H and O–H groups in total. The molecule has 1 heterocycles. The van der Waals surface area contributed by atoms with Gasteiger partial charge in [0, 0.05) is 24.8 Å². The van der Waals surface area contributed by atoms with Gasteiger partial charge in [-0.3, -0.25) is 10.1 Å². The lowest BCUT2D eigenvalue weighted by Crippen LogP contribution is -2.39. The van der Waals surface area contributed by atoms with Crippen molar-refractivity contribution in [1.29, 1.82) is 0 Å². The summed E-state index contributed by atoms with van der Waals surface area (Å²) < 4.78 is 13.5. The quantitative estimate of drug-likeness (QED) is 0.615. The molecule has 0 radical (unpaired) electrons. The molecule has 0 amide bonds. The number of nitro groups is 1. The molecule has 0 bridgehead atoms. The van der Waals surface area contributed by atoms with Gasteiger partial charge < -0.3 is 4.90 Å². The van der Waals surface area contributed by atoms with Gasteiger partial charge in [0.2, 0.25) is 0 Å². The molecule has 4 nitrogen and oxygen atoms in total. The van der Waals surface area contributed by atoms with Gasteiger partial charge in [-0.25, -0.2) is 4.39 Å². The fraction of sp³-hybridized carbons (Fsp3) is 0.600. The van der Waals surface area contributed by atoms with Crippen molar-refractivity contribution in [1.82, 2.24) is 0 Å². The van der Waals surface area contributed by atoms with Crippen LogP contribution in [0.1, 0.15) is 39.5 Å². The SMILES string of the molecule is CCC1(CC)CCN(c2cc(F)cc([N+](=O)[O-])c2)CC1. The molecule has 0 aromatic heterocycles. The minimum absolute atomic E-state index is 0.178. The lowest BCUT2D eigenvalue weighted by atomic mass is 9.74. The number of nitro benzene ring substituents is 1. The van der Waals surface area contributed by atoms with E-state index in [1.807, 2.05) is 0 Å². The molecule has 1 aromatic carbocycles. The Morgan fingerprint density at radius 3 is 2.35 bits per heavy atom. The molecule has 1 aliphatic rings. The maximum atomic E-state index is 13.5. The smallest absolute Gasteiger partial charge is 0.274 e. The molecule has 1 fully saturated rings. The van der Waals surface area contributed by atoms with Gasteiger partial charge in [-0.15, -0.1) is 0 Å². The number of hydrogen-bond acceptors (Lipinski definition) is 3. The summed E-state index contributed by atoms with van der Waals surface area (Å²) in [5.41, 5.74) is 0.829. The average Bonchev–Trinajstić information content (AvgIpc) is 2.46. The van der Waals surface area contributed by atoms with Crippen molar-refractivity contribution in [2.45, 2.75) is 39.5 Å². The molecular weight excluding hydrogens is 259 g/mol. The Hall–Kier alpha value is -1.65. The largest absolute Gasteiger partial charge is 0.371 e. The third-order valence-corrected chi connectivity index (χ3v) is 4.77. The molecule has 0 saturated carbocycles. The highest BCUT2D eigenvalue weighted by molar-refractivity contribution is 5.54. The summed E-state index contributed by atoms with van der Waals surface area (Å²) in [6.07, 6.45) is 4.43. The van der Waals surface area contributed by atoms with Gasteiger partial charge in [0.15, 0.2) is 0 Å². The van der Waals surface area contributed by atoms with Gasteiger partial charge in [0.1, 0.15) is 5.82 Å². The minimum atomic E-state index is -0.544. The summed E-state index contributed by atoms with van der Waals surface area (Å²) in [4.78, 5) is 12.3. The number of non-ortho nitro benzene ring substituents is 1. The molecule has 0 unspecified atom stereocenters. The minimum Gasteiger partial charge on any atom is -0.371 e. The Morgan fingerprint density at radius 2 is 1.85 bits per heavy atom. The highest BCUT2D eigenvalue weighted by atomic mass is 19.1. The Balaban J connectivity index is 2.16. The van der Waals surface area contributed by atoms with Crippen LogP contribution in [0.3, 0.4) is 0 Å². The predicted octanol–water partition coefficient (Wildman–Crippen LogP) is 4.14. The van der Waals surface area contributed by atoms with E-state index in [9.17, 15) is 14.5 Å². The molecule has 1 saturated heterocycles. The zero-order valence-corrected chi connectivity index (χ0v) is 12.1. The highest BCUT2D eigenvalue weighted by Crippen LogP contribution is 2.39. The topological polar surface area (TPSA) is 46.4 Å². The molecule has 0 spiro atoms. The van der Waals surface area contributed by atoms with Gasteiger partial charge in [-0.05, 0) is 24.3 Å². The molecule has 1 aromatic rings. The Kier molecular flexibility index (Phi) is 4.26. The first-order valence-electron chi connectivity index (χ1n) is 7.19. The van der Waals surface area contributed by atoms with Gasteiger partial charge in [0.05, 0.1) is 11.0 Å². The monoisotopic (exact) mass is 280 g/mol. The van der Waals surface area contributed by atoms with Crippen molar-refractivity contribution in [3.8, 4) is 0 Å². The molecule has 0 atom stereocenters. The number of nitrogens with zero attached hydrogens (tertiary/aromatic N) is 2. The van der Waals surface area contributed by atoms with E-state index >= 15 is 0 Å². The van der Waals surface area contributed by atoms with E-state index in [0.717, 1.165) is 44.8 Å². The van der Waals surface area contributed by atoms with Crippen LogP contribution in [-0.2, 0) is 0 Å². The zero-order chi connectivity index (χ0) is 14.8. The Labute approximate surface area is 118 Å². The standard InChI is InChI=1S/C15H21FN2O2/c1-3-15(4-2)5-7-17(8-6-15)13-9-12(16)10-14(11-13)18(19)20/h9-11H,3-8H2,1-2H3. The van der Waals surface area contributed by atoms with Crippen molar-refractivity contribution in [2.24, 2.45) is 5.41 Å². The van der Waals surface area contributed by atoms with E-state index < -0.39 is 10.7 Å². The van der Waals surface area contributed by atoms with Crippen LogP contribution < -0.4 is 4.90 Å². The first-order valence-corrected chi connectivity index (χ1v) is 7.19. The van der Waals surface area contributed by atoms with Gasteiger partial charge in [-0.1, -0.05) is 26.7 Å².